The van der Waals surface area contributed by atoms with Crippen LogP contribution in [0.5, 0.6) is 11.5 Å². The molecule has 0 amide bonds. The fraction of sp³-hybridized carbons (Fsp3) is 0.267. The fourth-order valence-electron chi connectivity index (χ4n) is 1.74. The Morgan fingerprint density at radius 3 is 2.42 bits per heavy atom. The summed E-state index contributed by atoms with van der Waals surface area (Å²) in [5.41, 5.74) is 0.649. The van der Waals surface area contributed by atoms with Crippen molar-refractivity contribution in [1.82, 2.24) is 4.57 Å². The van der Waals surface area contributed by atoms with E-state index in [2.05, 4.69) is 0 Å². The van der Waals surface area contributed by atoms with Crippen LogP contribution in [0.15, 0.2) is 42.7 Å². The van der Waals surface area contributed by atoms with Gasteiger partial charge in [-0.05, 0) is 25.1 Å². The van der Waals surface area contributed by atoms with Crippen LogP contribution in [0, 0.1) is 0 Å². The second-order valence-electron chi connectivity index (χ2n) is 4.16. The first-order valence-corrected chi connectivity index (χ1v) is 6.20. The molecule has 0 radical (unpaired) electrons. The molecule has 0 atom stereocenters. The highest BCUT2D eigenvalue weighted by atomic mass is 16.5. The Hall–Kier alpha value is -2.23. The van der Waals surface area contributed by atoms with Gasteiger partial charge in [0.15, 0.2) is 18.1 Å². The summed E-state index contributed by atoms with van der Waals surface area (Å²) in [5.74, 6) is 1.20. The molecule has 4 nitrogen and oxygen atoms in total. The zero-order chi connectivity index (χ0) is 13.7. The average Bonchev–Trinajstić information content (AvgIpc) is 2.84. The molecular formula is C15H17NO3. The van der Waals surface area contributed by atoms with Crippen molar-refractivity contribution >= 4 is 5.78 Å². The van der Waals surface area contributed by atoms with Gasteiger partial charge in [0.1, 0.15) is 0 Å². The number of hydrogen-bond acceptors (Lipinski definition) is 3. The van der Waals surface area contributed by atoms with E-state index in [0.29, 0.717) is 23.7 Å². The maximum Gasteiger partial charge on any atom is 0.201 e. The average molecular weight is 259 g/mol. The molecule has 0 N–H and O–H groups in total. The number of aryl methyl sites for hydroxylation is 1. The number of nitrogens with zero attached hydrogens (tertiary/aromatic N) is 1. The Bertz CT molecular complexity index is 560. The normalized spacial score (nSPS) is 10.2. The van der Waals surface area contributed by atoms with Gasteiger partial charge in [0.2, 0.25) is 5.78 Å². The Labute approximate surface area is 112 Å². The number of aromatic nitrogens is 1. The second-order valence-corrected chi connectivity index (χ2v) is 4.16. The van der Waals surface area contributed by atoms with Crippen LogP contribution in [0.3, 0.4) is 0 Å². The fourth-order valence-corrected chi connectivity index (χ4v) is 1.74. The van der Waals surface area contributed by atoms with E-state index >= 15 is 0 Å². The number of Topliss-reactive ketones (excluding diaryl/α,β-unsaturated/α-hetero) is 1. The number of ether oxygens (including phenoxy) is 2. The van der Waals surface area contributed by atoms with Gasteiger partial charge >= 0.3 is 0 Å². The van der Waals surface area contributed by atoms with Crippen LogP contribution in [0.2, 0.25) is 0 Å². The highest BCUT2D eigenvalue weighted by molar-refractivity contribution is 5.97. The molecule has 1 aromatic heterocycles. The van der Waals surface area contributed by atoms with Gasteiger partial charge in [0.05, 0.1) is 6.61 Å². The van der Waals surface area contributed by atoms with Crippen molar-refractivity contribution in [3.63, 3.8) is 0 Å². The van der Waals surface area contributed by atoms with E-state index in [1.54, 1.807) is 18.3 Å². The molecule has 0 fully saturated rings. The van der Waals surface area contributed by atoms with Crippen LogP contribution in [0.25, 0.3) is 0 Å². The van der Waals surface area contributed by atoms with Crippen LogP contribution in [-0.2, 0) is 7.05 Å². The summed E-state index contributed by atoms with van der Waals surface area (Å²) in [7, 11) is 1.88. The lowest BCUT2D eigenvalue weighted by Crippen LogP contribution is -2.11. The quantitative estimate of drug-likeness (QED) is 0.749. The predicted molar refractivity (Wildman–Crippen MR) is 72.8 cm³/mol. The molecule has 0 unspecified atom stereocenters. The van der Waals surface area contributed by atoms with Crippen molar-refractivity contribution in [3.05, 3.63) is 48.3 Å². The van der Waals surface area contributed by atoms with E-state index in [0.717, 1.165) is 0 Å². The van der Waals surface area contributed by atoms with Crippen molar-refractivity contribution in [2.45, 2.75) is 6.92 Å². The number of rotatable bonds is 6. The SMILES string of the molecule is CCOc1ccccc1OCC(=O)c1ccn(C)c1. The summed E-state index contributed by atoms with van der Waals surface area (Å²) in [6.45, 7) is 2.48. The van der Waals surface area contributed by atoms with Gasteiger partial charge in [-0.15, -0.1) is 0 Å². The molecule has 2 rings (SSSR count). The first-order chi connectivity index (χ1) is 9.20. The molecule has 4 heteroatoms. The molecule has 0 bridgehead atoms. The molecule has 2 aromatic rings. The maximum absolute atomic E-state index is 11.9. The number of carbonyl (C=O) groups is 1. The molecule has 0 aliphatic carbocycles. The molecule has 100 valence electrons. The smallest absolute Gasteiger partial charge is 0.201 e. The van der Waals surface area contributed by atoms with Crippen LogP contribution >= 0.6 is 0 Å². The van der Waals surface area contributed by atoms with Gasteiger partial charge in [-0.25, -0.2) is 0 Å². The van der Waals surface area contributed by atoms with Crippen LogP contribution in [-0.4, -0.2) is 23.6 Å². The minimum Gasteiger partial charge on any atom is -0.490 e. The van der Waals surface area contributed by atoms with Crippen LogP contribution in [0.4, 0.5) is 0 Å². The molecule has 1 heterocycles. The molecule has 0 spiro atoms. The number of ketones is 1. The van der Waals surface area contributed by atoms with Crippen molar-refractivity contribution in [1.29, 1.82) is 0 Å². The van der Waals surface area contributed by atoms with E-state index in [1.165, 1.54) is 0 Å². The first kappa shape index (κ1) is 13.2. The molecule has 0 aliphatic rings. The predicted octanol–water partition coefficient (Wildman–Crippen LogP) is 2.69. The number of para-hydroxylation sites is 2. The van der Waals surface area contributed by atoms with Crippen molar-refractivity contribution in [3.8, 4) is 11.5 Å². The molecule has 1 aromatic carbocycles. The summed E-state index contributed by atoms with van der Waals surface area (Å²) < 4.78 is 12.8. The standard InChI is InChI=1S/C15H17NO3/c1-3-18-14-6-4-5-7-15(14)19-11-13(17)12-8-9-16(2)10-12/h4-10H,3,11H2,1-2H3. The van der Waals surface area contributed by atoms with E-state index in [4.69, 9.17) is 9.47 Å². The summed E-state index contributed by atoms with van der Waals surface area (Å²) in [4.78, 5) is 11.9. The molecule has 0 aliphatic heterocycles. The highest BCUT2D eigenvalue weighted by Crippen LogP contribution is 2.26. The lowest BCUT2D eigenvalue weighted by atomic mass is 10.2. The number of benzene rings is 1. The van der Waals surface area contributed by atoms with Crippen LogP contribution < -0.4 is 9.47 Å². The summed E-state index contributed by atoms with van der Waals surface area (Å²) in [6.07, 6.45) is 3.61. The maximum atomic E-state index is 11.9. The second kappa shape index (κ2) is 6.09. The Morgan fingerprint density at radius 1 is 1.16 bits per heavy atom. The number of carbonyl (C=O) groups excluding carboxylic acids is 1. The van der Waals surface area contributed by atoms with E-state index < -0.39 is 0 Å². The van der Waals surface area contributed by atoms with Crippen molar-refractivity contribution in [2.24, 2.45) is 7.05 Å². The topological polar surface area (TPSA) is 40.5 Å². The molecule has 19 heavy (non-hydrogen) atoms. The minimum atomic E-state index is -0.0492. The first-order valence-electron chi connectivity index (χ1n) is 6.20. The monoisotopic (exact) mass is 259 g/mol. The van der Waals surface area contributed by atoms with Gasteiger partial charge in [-0.3, -0.25) is 4.79 Å². The van der Waals surface area contributed by atoms with E-state index in [1.807, 2.05) is 42.9 Å². The molecule has 0 saturated carbocycles. The zero-order valence-corrected chi connectivity index (χ0v) is 11.1. The van der Waals surface area contributed by atoms with Gasteiger partial charge in [0, 0.05) is 25.0 Å². The Kier molecular flexibility index (Phi) is 4.23. The van der Waals surface area contributed by atoms with Gasteiger partial charge < -0.3 is 14.0 Å². The van der Waals surface area contributed by atoms with Gasteiger partial charge in [0.25, 0.3) is 0 Å². The third kappa shape index (κ3) is 3.37. The Balaban J connectivity index is 2.00. The lowest BCUT2D eigenvalue weighted by Gasteiger charge is -2.10. The summed E-state index contributed by atoms with van der Waals surface area (Å²) in [6, 6.07) is 9.12. The Morgan fingerprint density at radius 2 is 1.84 bits per heavy atom. The van der Waals surface area contributed by atoms with Crippen molar-refractivity contribution in [2.75, 3.05) is 13.2 Å². The minimum absolute atomic E-state index is 0.00804. The number of hydrogen-bond donors (Lipinski definition) is 0. The zero-order valence-electron chi connectivity index (χ0n) is 11.1. The van der Waals surface area contributed by atoms with Crippen LogP contribution in [0.1, 0.15) is 17.3 Å². The van der Waals surface area contributed by atoms with E-state index in [-0.39, 0.29) is 12.4 Å². The van der Waals surface area contributed by atoms with Gasteiger partial charge in [-0.2, -0.15) is 0 Å². The summed E-state index contributed by atoms with van der Waals surface area (Å²) >= 11 is 0. The molecular weight excluding hydrogens is 242 g/mol. The van der Waals surface area contributed by atoms with Crippen molar-refractivity contribution < 1.29 is 14.3 Å². The third-order valence-corrected chi connectivity index (χ3v) is 2.66. The largest absolute Gasteiger partial charge is 0.490 e. The lowest BCUT2D eigenvalue weighted by molar-refractivity contribution is 0.0919. The van der Waals surface area contributed by atoms with E-state index in [9.17, 15) is 4.79 Å². The summed E-state index contributed by atoms with van der Waals surface area (Å²) in [5, 5.41) is 0. The third-order valence-electron chi connectivity index (χ3n) is 2.66. The molecule has 0 saturated heterocycles. The van der Waals surface area contributed by atoms with Gasteiger partial charge in [-0.1, -0.05) is 12.1 Å². The highest BCUT2D eigenvalue weighted by Gasteiger charge is 2.10.